The summed E-state index contributed by atoms with van der Waals surface area (Å²) in [4.78, 5) is 0. The molecule has 0 bridgehead atoms. The van der Waals surface area contributed by atoms with Crippen molar-refractivity contribution < 1.29 is 0 Å². The van der Waals surface area contributed by atoms with Gasteiger partial charge in [0.05, 0.1) is 11.6 Å². The maximum absolute atomic E-state index is 3.84. The molecule has 0 saturated heterocycles. The van der Waals surface area contributed by atoms with Gasteiger partial charge in [-0.1, -0.05) is 128 Å². The van der Waals surface area contributed by atoms with Crippen molar-refractivity contribution in [3.63, 3.8) is 0 Å². The second-order valence-corrected chi connectivity index (χ2v) is 13.2. The van der Waals surface area contributed by atoms with Crippen LogP contribution in [0.5, 0.6) is 0 Å². The summed E-state index contributed by atoms with van der Waals surface area (Å²) >= 11 is 0. The van der Waals surface area contributed by atoms with Gasteiger partial charge in [0.25, 0.3) is 0 Å². The molecule has 49 heavy (non-hydrogen) atoms. The molecule has 0 radical (unpaired) electrons. The van der Waals surface area contributed by atoms with Gasteiger partial charge in [-0.2, -0.15) is 0 Å². The average Bonchev–Trinajstić information content (AvgIpc) is 3.49. The molecule has 0 saturated carbocycles. The summed E-state index contributed by atoms with van der Waals surface area (Å²) in [5.41, 5.74) is 15.7. The van der Waals surface area contributed by atoms with Crippen LogP contribution in [0.4, 0.5) is 11.4 Å². The number of fused-ring (bicyclic) bond motifs is 4. The number of hydrogen-bond acceptors (Lipinski definition) is 2. The SMILES string of the molecule is CC1CC=Cc2c1c1cc(-c3ccccc3)c(Nc3ccc(C4=CC(c5ccccc5)=C5C=CC=CC5N4)cc3)cc1n2-c1ccccc1. The highest BCUT2D eigenvalue weighted by atomic mass is 15.0. The van der Waals surface area contributed by atoms with Crippen LogP contribution in [0, 0.1) is 0 Å². The molecule has 9 rings (SSSR count). The summed E-state index contributed by atoms with van der Waals surface area (Å²) in [7, 11) is 0. The fourth-order valence-electron chi connectivity index (χ4n) is 7.66. The van der Waals surface area contributed by atoms with E-state index in [1.807, 2.05) is 0 Å². The summed E-state index contributed by atoms with van der Waals surface area (Å²) in [6, 6.07) is 45.9. The minimum absolute atomic E-state index is 0.141. The zero-order valence-corrected chi connectivity index (χ0v) is 27.5. The molecule has 1 aliphatic heterocycles. The lowest BCUT2D eigenvalue weighted by Crippen LogP contribution is -2.31. The van der Waals surface area contributed by atoms with E-state index in [0.29, 0.717) is 5.92 Å². The zero-order valence-electron chi connectivity index (χ0n) is 27.5. The largest absolute Gasteiger partial charge is 0.374 e. The van der Waals surface area contributed by atoms with Crippen LogP contribution in [-0.2, 0) is 0 Å². The number of anilines is 2. The van der Waals surface area contributed by atoms with E-state index in [9.17, 15) is 0 Å². The van der Waals surface area contributed by atoms with E-state index < -0.39 is 0 Å². The highest BCUT2D eigenvalue weighted by Crippen LogP contribution is 2.44. The van der Waals surface area contributed by atoms with E-state index in [1.54, 1.807) is 0 Å². The first-order valence-electron chi connectivity index (χ1n) is 17.2. The molecule has 0 amide bonds. The smallest absolute Gasteiger partial charge is 0.0707 e. The quantitative estimate of drug-likeness (QED) is 0.191. The molecule has 236 valence electrons. The summed E-state index contributed by atoms with van der Waals surface area (Å²) in [6.45, 7) is 2.35. The highest BCUT2D eigenvalue weighted by Gasteiger charge is 2.25. The van der Waals surface area contributed by atoms with Crippen molar-refractivity contribution in [3.05, 3.63) is 192 Å². The van der Waals surface area contributed by atoms with Gasteiger partial charge in [0, 0.05) is 39.4 Å². The maximum atomic E-state index is 3.84. The van der Waals surface area contributed by atoms with Crippen molar-refractivity contribution in [2.45, 2.75) is 25.3 Å². The number of dihydropyridines is 1. The van der Waals surface area contributed by atoms with Crippen molar-refractivity contribution in [1.29, 1.82) is 0 Å². The van der Waals surface area contributed by atoms with Crippen LogP contribution < -0.4 is 10.6 Å². The predicted octanol–water partition coefficient (Wildman–Crippen LogP) is 11.5. The normalized spacial score (nSPS) is 17.8. The molecule has 0 fully saturated rings. The van der Waals surface area contributed by atoms with E-state index >= 15 is 0 Å². The number of hydrogen-bond donors (Lipinski definition) is 2. The van der Waals surface area contributed by atoms with Crippen molar-refractivity contribution in [2.24, 2.45) is 0 Å². The van der Waals surface area contributed by atoms with Crippen LogP contribution in [-0.4, -0.2) is 10.6 Å². The third-order valence-corrected chi connectivity index (χ3v) is 10.0. The fourth-order valence-corrected chi connectivity index (χ4v) is 7.66. The van der Waals surface area contributed by atoms with E-state index in [2.05, 4.69) is 192 Å². The number of rotatable bonds is 6. The van der Waals surface area contributed by atoms with Gasteiger partial charge in [0.2, 0.25) is 0 Å². The molecular weight excluding hydrogens is 595 g/mol. The first-order valence-corrected chi connectivity index (χ1v) is 17.2. The van der Waals surface area contributed by atoms with Crippen molar-refractivity contribution in [2.75, 3.05) is 5.32 Å². The summed E-state index contributed by atoms with van der Waals surface area (Å²) in [6.07, 6.45) is 16.7. The number of nitrogens with one attached hydrogen (secondary N) is 2. The van der Waals surface area contributed by atoms with Crippen LogP contribution >= 0.6 is 0 Å². The fraction of sp³-hybridized carbons (Fsp3) is 0.0870. The Morgan fingerprint density at radius 3 is 2.18 bits per heavy atom. The monoisotopic (exact) mass is 631 g/mol. The minimum Gasteiger partial charge on any atom is -0.374 e. The molecule has 3 aliphatic rings. The third-order valence-electron chi connectivity index (χ3n) is 10.0. The van der Waals surface area contributed by atoms with Crippen molar-refractivity contribution >= 4 is 39.6 Å². The van der Waals surface area contributed by atoms with Gasteiger partial charge < -0.3 is 15.2 Å². The second kappa shape index (κ2) is 12.2. The maximum Gasteiger partial charge on any atom is 0.0707 e. The van der Waals surface area contributed by atoms with Crippen molar-refractivity contribution in [3.8, 4) is 16.8 Å². The number of benzene rings is 5. The molecule has 2 atom stereocenters. The molecule has 2 heterocycles. The van der Waals surface area contributed by atoms with Crippen LogP contribution in [0.25, 0.3) is 45.1 Å². The van der Waals surface area contributed by atoms with Crippen LogP contribution in [0.3, 0.4) is 0 Å². The average molecular weight is 632 g/mol. The minimum atomic E-state index is 0.141. The number of nitrogens with zero attached hydrogens (tertiary/aromatic N) is 1. The number of para-hydroxylation sites is 1. The topological polar surface area (TPSA) is 29.0 Å². The Morgan fingerprint density at radius 2 is 1.43 bits per heavy atom. The van der Waals surface area contributed by atoms with Gasteiger partial charge in [-0.25, -0.2) is 0 Å². The van der Waals surface area contributed by atoms with E-state index in [4.69, 9.17) is 0 Å². The predicted molar refractivity (Wildman–Crippen MR) is 207 cm³/mol. The van der Waals surface area contributed by atoms with Crippen LogP contribution in [0.1, 0.15) is 41.6 Å². The number of allylic oxidation sites excluding steroid dienone is 5. The van der Waals surface area contributed by atoms with Crippen LogP contribution in [0.2, 0.25) is 0 Å². The Bertz CT molecular complexity index is 2330. The Hall–Kier alpha value is -6.06. The van der Waals surface area contributed by atoms with E-state index in [0.717, 1.165) is 29.1 Å². The molecule has 2 aliphatic carbocycles. The van der Waals surface area contributed by atoms with Gasteiger partial charge in [-0.15, -0.1) is 0 Å². The molecule has 3 nitrogen and oxygen atoms in total. The summed E-state index contributed by atoms with van der Waals surface area (Å²) in [5, 5.41) is 8.94. The summed E-state index contributed by atoms with van der Waals surface area (Å²) < 4.78 is 2.43. The van der Waals surface area contributed by atoms with E-state index in [-0.39, 0.29) is 6.04 Å². The standard InChI is InChI=1S/C46H37N3/c1-31-14-13-23-44-46(31)40-28-39(33-17-7-3-8-18-33)43(30-45(40)49(44)36-19-9-4-10-20-36)47-35-26-24-34(25-27-35)42-29-38(32-15-5-2-6-16-32)37-21-11-12-22-41(37)48-42/h2-13,15-31,41,47-48H,14H2,1H3. The first kappa shape index (κ1) is 29.1. The van der Waals surface area contributed by atoms with Gasteiger partial charge in [-0.05, 0) is 94.3 Å². The zero-order chi connectivity index (χ0) is 32.7. The molecular formula is C46H37N3. The number of aromatic nitrogens is 1. The second-order valence-electron chi connectivity index (χ2n) is 13.2. The Balaban J connectivity index is 1.13. The molecule has 3 heteroatoms. The van der Waals surface area contributed by atoms with Crippen LogP contribution in [0.15, 0.2) is 169 Å². The molecule has 6 aromatic rings. The van der Waals surface area contributed by atoms with E-state index in [1.165, 1.54) is 55.7 Å². The lowest BCUT2D eigenvalue weighted by atomic mass is 9.87. The van der Waals surface area contributed by atoms with Gasteiger partial charge >= 0.3 is 0 Å². The van der Waals surface area contributed by atoms with Crippen molar-refractivity contribution in [1.82, 2.24) is 9.88 Å². The van der Waals surface area contributed by atoms with Gasteiger partial charge in [0.1, 0.15) is 0 Å². The Morgan fingerprint density at radius 1 is 0.714 bits per heavy atom. The molecule has 1 aromatic heterocycles. The Kier molecular flexibility index (Phi) is 7.24. The molecule has 2 N–H and O–H groups in total. The lowest BCUT2D eigenvalue weighted by molar-refractivity contribution is 0.773. The Labute approximate surface area is 288 Å². The lowest BCUT2D eigenvalue weighted by Gasteiger charge is -2.29. The highest BCUT2D eigenvalue weighted by molar-refractivity contribution is 6.00. The van der Waals surface area contributed by atoms with Gasteiger partial charge in [0.15, 0.2) is 0 Å². The first-order chi connectivity index (χ1) is 24.2. The van der Waals surface area contributed by atoms with Gasteiger partial charge in [-0.3, -0.25) is 0 Å². The molecule has 0 spiro atoms. The summed E-state index contributed by atoms with van der Waals surface area (Å²) in [5.74, 6) is 0.443. The molecule has 2 unspecified atom stereocenters. The molecule has 5 aromatic carbocycles. The third kappa shape index (κ3) is 5.25.